The summed E-state index contributed by atoms with van der Waals surface area (Å²) in [6, 6.07) is 6.89. The van der Waals surface area contributed by atoms with Gasteiger partial charge >= 0.3 is 12.3 Å². The summed E-state index contributed by atoms with van der Waals surface area (Å²) in [7, 11) is 0. The molecule has 0 saturated carbocycles. The normalized spacial score (nSPS) is 11.4. The summed E-state index contributed by atoms with van der Waals surface area (Å²) in [5.74, 6) is 0.143. The molecule has 0 radical (unpaired) electrons. The fraction of sp³-hybridized carbons (Fsp3) is 0.417. The lowest BCUT2D eigenvalue weighted by atomic mass is 10.0. The molecular formula is C12H14F3NO2. The number of benzene rings is 1. The standard InChI is InChI=1S/C12H14F3NO2/c1-8(2)9-5-3-4-6-10(9)16-11(17)18-7-12(13,14)15/h3-6,8H,7H2,1-2H3,(H,16,17). The molecule has 0 heterocycles. The van der Waals surface area contributed by atoms with Gasteiger partial charge in [0.2, 0.25) is 0 Å². The molecule has 0 aliphatic carbocycles. The maximum Gasteiger partial charge on any atom is 0.422 e. The fourth-order valence-electron chi connectivity index (χ4n) is 1.41. The van der Waals surface area contributed by atoms with Crippen molar-refractivity contribution in [1.82, 2.24) is 0 Å². The Bertz CT molecular complexity index is 416. The molecule has 0 atom stereocenters. The third-order valence-electron chi connectivity index (χ3n) is 2.19. The number of alkyl halides is 3. The Morgan fingerprint density at radius 3 is 2.50 bits per heavy atom. The van der Waals surface area contributed by atoms with Crippen molar-refractivity contribution in [2.45, 2.75) is 25.9 Å². The minimum absolute atomic E-state index is 0.143. The number of hydrogen-bond acceptors (Lipinski definition) is 2. The van der Waals surface area contributed by atoms with E-state index in [9.17, 15) is 18.0 Å². The lowest BCUT2D eigenvalue weighted by Crippen LogP contribution is -2.23. The summed E-state index contributed by atoms with van der Waals surface area (Å²) in [4.78, 5) is 11.2. The van der Waals surface area contributed by atoms with E-state index in [1.807, 2.05) is 13.8 Å². The average molecular weight is 261 g/mol. The number of para-hydroxylation sites is 1. The van der Waals surface area contributed by atoms with Crippen LogP contribution in [0.15, 0.2) is 24.3 Å². The summed E-state index contributed by atoms with van der Waals surface area (Å²) >= 11 is 0. The molecule has 1 N–H and O–H groups in total. The van der Waals surface area contributed by atoms with Crippen molar-refractivity contribution in [2.75, 3.05) is 11.9 Å². The maximum atomic E-state index is 11.9. The predicted octanol–water partition coefficient (Wildman–Crippen LogP) is 3.92. The third-order valence-corrected chi connectivity index (χ3v) is 2.19. The first kappa shape index (κ1) is 14.3. The smallest absolute Gasteiger partial charge is 0.422 e. The number of hydrogen-bond donors (Lipinski definition) is 1. The molecule has 1 aromatic rings. The van der Waals surface area contributed by atoms with Gasteiger partial charge < -0.3 is 4.74 Å². The van der Waals surface area contributed by atoms with Crippen LogP contribution in [-0.2, 0) is 4.74 Å². The lowest BCUT2D eigenvalue weighted by Gasteiger charge is -2.14. The molecule has 0 saturated heterocycles. The van der Waals surface area contributed by atoms with Crippen LogP contribution >= 0.6 is 0 Å². The van der Waals surface area contributed by atoms with Crippen LogP contribution in [-0.4, -0.2) is 18.9 Å². The van der Waals surface area contributed by atoms with Crippen LogP contribution in [0.1, 0.15) is 25.3 Å². The second-order valence-corrected chi connectivity index (χ2v) is 4.06. The summed E-state index contributed by atoms with van der Waals surface area (Å²) < 4.78 is 39.6. The van der Waals surface area contributed by atoms with Gasteiger partial charge in [0.25, 0.3) is 0 Å². The van der Waals surface area contributed by atoms with Gasteiger partial charge in [0, 0.05) is 5.69 Å². The molecule has 6 heteroatoms. The second-order valence-electron chi connectivity index (χ2n) is 4.06. The highest BCUT2D eigenvalue weighted by molar-refractivity contribution is 5.85. The largest absolute Gasteiger partial charge is 0.440 e. The monoisotopic (exact) mass is 261 g/mol. The maximum absolute atomic E-state index is 11.9. The number of halogens is 3. The van der Waals surface area contributed by atoms with Gasteiger partial charge in [0.05, 0.1) is 0 Å². The number of carbonyl (C=O) groups excluding carboxylic acids is 1. The van der Waals surface area contributed by atoms with Crippen LogP contribution in [0.3, 0.4) is 0 Å². The van der Waals surface area contributed by atoms with E-state index in [-0.39, 0.29) is 5.92 Å². The SMILES string of the molecule is CC(C)c1ccccc1NC(=O)OCC(F)(F)F. The Kier molecular flexibility index (Phi) is 4.58. The van der Waals surface area contributed by atoms with E-state index >= 15 is 0 Å². The second kappa shape index (κ2) is 5.75. The Balaban J connectivity index is 2.65. The molecular weight excluding hydrogens is 247 g/mol. The number of amides is 1. The molecule has 0 spiro atoms. The van der Waals surface area contributed by atoms with Gasteiger partial charge in [-0.2, -0.15) is 13.2 Å². The summed E-state index contributed by atoms with van der Waals surface area (Å²) in [6.45, 7) is 2.24. The fourth-order valence-corrected chi connectivity index (χ4v) is 1.41. The number of nitrogens with one attached hydrogen (secondary N) is 1. The Hall–Kier alpha value is -1.72. The number of anilines is 1. The van der Waals surface area contributed by atoms with Crippen LogP contribution in [0.5, 0.6) is 0 Å². The predicted molar refractivity (Wildman–Crippen MR) is 61.6 cm³/mol. The minimum atomic E-state index is -4.52. The van der Waals surface area contributed by atoms with Crippen molar-refractivity contribution in [3.05, 3.63) is 29.8 Å². The van der Waals surface area contributed by atoms with Crippen molar-refractivity contribution in [3.63, 3.8) is 0 Å². The third kappa shape index (κ3) is 4.65. The van der Waals surface area contributed by atoms with Crippen LogP contribution in [0.25, 0.3) is 0 Å². The van der Waals surface area contributed by atoms with Crippen molar-refractivity contribution in [2.24, 2.45) is 0 Å². The number of rotatable bonds is 3. The molecule has 0 aliphatic rings. The highest BCUT2D eigenvalue weighted by Gasteiger charge is 2.29. The summed E-state index contributed by atoms with van der Waals surface area (Å²) in [5.41, 5.74) is 1.29. The molecule has 0 aromatic heterocycles. The minimum Gasteiger partial charge on any atom is -0.440 e. The topological polar surface area (TPSA) is 38.3 Å². The zero-order valence-electron chi connectivity index (χ0n) is 10.0. The lowest BCUT2D eigenvalue weighted by molar-refractivity contribution is -0.159. The van der Waals surface area contributed by atoms with Crippen LogP contribution in [0, 0.1) is 0 Å². The zero-order chi connectivity index (χ0) is 13.8. The highest BCUT2D eigenvalue weighted by Crippen LogP contribution is 2.24. The molecule has 1 aromatic carbocycles. The van der Waals surface area contributed by atoms with E-state index in [1.165, 1.54) is 0 Å². The zero-order valence-corrected chi connectivity index (χ0v) is 10.0. The van der Waals surface area contributed by atoms with E-state index in [4.69, 9.17) is 0 Å². The van der Waals surface area contributed by atoms with Gasteiger partial charge in [-0.15, -0.1) is 0 Å². The van der Waals surface area contributed by atoms with Crippen LogP contribution < -0.4 is 5.32 Å². The molecule has 0 aliphatic heterocycles. The quantitative estimate of drug-likeness (QED) is 0.895. The molecule has 1 amide bonds. The van der Waals surface area contributed by atoms with E-state index in [0.717, 1.165) is 5.56 Å². The first-order chi connectivity index (χ1) is 8.29. The first-order valence-electron chi connectivity index (χ1n) is 5.39. The van der Waals surface area contributed by atoms with E-state index in [2.05, 4.69) is 10.1 Å². The van der Waals surface area contributed by atoms with Gasteiger partial charge in [0.1, 0.15) is 0 Å². The molecule has 1 rings (SSSR count). The Morgan fingerprint density at radius 2 is 1.94 bits per heavy atom. The Morgan fingerprint density at radius 1 is 1.33 bits per heavy atom. The van der Waals surface area contributed by atoms with Crippen molar-refractivity contribution < 1.29 is 22.7 Å². The summed E-state index contributed by atoms with van der Waals surface area (Å²) in [5, 5.41) is 2.30. The van der Waals surface area contributed by atoms with E-state index in [0.29, 0.717) is 5.69 Å². The van der Waals surface area contributed by atoms with Gasteiger partial charge in [-0.25, -0.2) is 4.79 Å². The van der Waals surface area contributed by atoms with Gasteiger partial charge in [-0.05, 0) is 17.5 Å². The molecule has 3 nitrogen and oxygen atoms in total. The van der Waals surface area contributed by atoms with Gasteiger partial charge in [0.15, 0.2) is 6.61 Å². The average Bonchev–Trinajstić information content (AvgIpc) is 2.26. The van der Waals surface area contributed by atoms with Crippen molar-refractivity contribution >= 4 is 11.8 Å². The van der Waals surface area contributed by atoms with Crippen molar-refractivity contribution in [3.8, 4) is 0 Å². The van der Waals surface area contributed by atoms with Gasteiger partial charge in [-0.1, -0.05) is 32.0 Å². The van der Waals surface area contributed by atoms with E-state index < -0.39 is 18.9 Å². The van der Waals surface area contributed by atoms with Crippen LogP contribution in [0.2, 0.25) is 0 Å². The van der Waals surface area contributed by atoms with Crippen LogP contribution in [0.4, 0.5) is 23.7 Å². The Labute approximate surface area is 103 Å². The molecule has 0 fully saturated rings. The number of carbonyl (C=O) groups is 1. The van der Waals surface area contributed by atoms with E-state index in [1.54, 1.807) is 24.3 Å². The van der Waals surface area contributed by atoms with Gasteiger partial charge in [-0.3, -0.25) is 5.32 Å². The first-order valence-corrected chi connectivity index (χ1v) is 5.39. The molecule has 100 valence electrons. The molecule has 0 bridgehead atoms. The van der Waals surface area contributed by atoms with Crippen molar-refractivity contribution in [1.29, 1.82) is 0 Å². The highest BCUT2D eigenvalue weighted by atomic mass is 19.4. The number of ether oxygens (including phenoxy) is 1. The molecule has 18 heavy (non-hydrogen) atoms. The molecule has 0 unspecified atom stereocenters. The summed E-state index contributed by atoms with van der Waals surface area (Å²) in [6.07, 6.45) is -5.63.